The molecular formula is C19H22N6O5. The van der Waals surface area contributed by atoms with Gasteiger partial charge in [-0.1, -0.05) is 12.1 Å². The first-order valence-corrected chi connectivity index (χ1v) is 9.77. The summed E-state index contributed by atoms with van der Waals surface area (Å²) in [5.41, 5.74) is 1.89. The van der Waals surface area contributed by atoms with Crippen LogP contribution in [0, 0.1) is 10.4 Å². The van der Waals surface area contributed by atoms with Crippen molar-refractivity contribution in [2.45, 2.75) is 39.2 Å². The van der Waals surface area contributed by atoms with Gasteiger partial charge in [-0.25, -0.2) is 0 Å². The minimum atomic E-state index is -0.317. The molecule has 1 N–H and O–H groups in total. The number of hydrogen-bond donors (Lipinski definition) is 1. The standard InChI is InChI=1S/C19H22N6O5/c1-12(2)29-11-5-10-20-19(26)13-6-3-4-7-14(13)23-21-17-15(24(23)27)8-9-16-18(17)22-30-25(16)28/h3-4,6-7,12H,5,8-11H2,1-2H3,(H,20,26). The number of carbonyl (C=O) groups excluding carboxylic acids is 1. The van der Waals surface area contributed by atoms with E-state index in [1.165, 1.54) is 0 Å². The van der Waals surface area contributed by atoms with Gasteiger partial charge in [0.1, 0.15) is 5.69 Å². The first-order chi connectivity index (χ1) is 14.5. The highest BCUT2D eigenvalue weighted by Crippen LogP contribution is 2.27. The zero-order valence-corrected chi connectivity index (χ0v) is 16.7. The summed E-state index contributed by atoms with van der Waals surface area (Å²) < 4.78 is 10.1. The minimum absolute atomic E-state index is 0.140. The normalized spacial score (nSPS) is 12.6. The monoisotopic (exact) mass is 414 g/mol. The van der Waals surface area contributed by atoms with Crippen molar-refractivity contribution >= 4 is 5.91 Å². The van der Waals surface area contributed by atoms with E-state index in [9.17, 15) is 15.2 Å². The number of hydrogen-bond acceptors (Lipinski definition) is 7. The van der Waals surface area contributed by atoms with Crippen LogP contribution < -0.4 is 15.1 Å². The van der Waals surface area contributed by atoms with E-state index in [1.807, 2.05) is 13.8 Å². The smallest absolute Gasteiger partial charge is 0.303 e. The van der Waals surface area contributed by atoms with E-state index in [1.54, 1.807) is 24.3 Å². The van der Waals surface area contributed by atoms with Crippen molar-refractivity contribution in [3.05, 3.63) is 51.6 Å². The molecule has 0 bridgehead atoms. The molecule has 0 saturated heterocycles. The van der Waals surface area contributed by atoms with E-state index in [0.29, 0.717) is 64.8 Å². The van der Waals surface area contributed by atoms with Crippen LogP contribution in [0.15, 0.2) is 28.9 Å². The van der Waals surface area contributed by atoms with Crippen LogP contribution in [0.2, 0.25) is 0 Å². The summed E-state index contributed by atoms with van der Waals surface area (Å²) in [6, 6.07) is 6.70. The molecule has 1 aliphatic rings. The van der Waals surface area contributed by atoms with Crippen molar-refractivity contribution in [3.8, 4) is 17.1 Å². The number of nitrogens with one attached hydrogen (secondary N) is 1. The predicted molar refractivity (Wildman–Crippen MR) is 102 cm³/mol. The third kappa shape index (κ3) is 3.59. The van der Waals surface area contributed by atoms with Crippen molar-refractivity contribution < 1.29 is 23.9 Å². The fraction of sp³-hybridized carbons (Fsp3) is 0.421. The largest absolute Gasteiger partial charge is 0.692 e. The summed E-state index contributed by atoms with van der Waals surface area (Å²) in [7, 11) is 0. The molecule has 0 unspecified atom stereocenters. The van der Waals surface area contributed by atoms with Crippen LogP contribution >= 0.6 is 0 Å². The maximum Gasteiger partial charge on any atom is 0.303 e. The number of rotatable bonds is 7. The molecule has 11 nitrogen and oxygen atoms in total. The van der Waals surface area contributed by atoms with Crippen molar-refractivity contribution in [1.29, 1.82) is 0 Å². The lowest BCUT2D eigenvalue weighted by Crippen LogP contribution is -2.42. The zero-order valence-electron chi connectivity index (χ0n) is 16.7. The molecule has 2 aromatic heterocycles. The van der Waals surface area contributed by atoms with Crippen molar-refractivity contribution in [2.24, 2.45) is 0 Å². The van der Waals surface area contributed by atoms with Gasteiger partial charge in [0.25, 0.3) is 5.91 Å². The predicted octanol–water partition coefficient (Wildman–Crippen LogP) is 0.438. The molecule has 0 spiro atoms. The second kappa shape index (κ2) is 8.11. The van der Waals surface area contributed by atoms with Crippen LogP contribution in [0.1, 0.15) is 42.0 Å². The van der Waals surface area contributed by atoms with E-state index in [4.69, 9.17) is 4.74 Å². The SMILES string of the molecule is CC(C)OCCCNC(=O)c1ccccc1-n1nc2c([n+]1[O-])CCc1c-2no[n+]1[O-]. The Morgan fingerprint density at radius 1 is 1.27 bits per heavy atom. The van der Waals surface area contributed by atoms with Gasteiger partial charge in [0, 0.05) is 26.0 Å². The van der Waals surface area contributed by atoms with Gasteiger partial charge in [0.2, 0.25) is 5.69 Å². The molecule has 11 heteroatoms. The number of para-hydroxylation sites is 1. The van der Waals surface area contributed by atoms with Gasteiger partial charge < -0.3 is 20.5 Å². The molecule has 30 heavy (non-hydrogen) atoms. The third-order valence-corrected chi connectivity index (χ3v) is 4.82. The Kier molecular flexibility index (Phi) is 5.36. The second-order valence-corrected chi connectivity index (χ2v) is 7.23. The number of fused-ring (bicyclic) bond motifs is 3. The van der Waals surface area contributed by atoms with E-state index >= 15 is 0 Å². The highest BCUT2D eigenvalue weighted by Gasteiger charge is 2.39. The van der Waals surface area contributed by atoms with Gasteiger partial charge in [-0.3, -0.25) is 9.42 Å². The number of carbonyl (C=O) groups is 1. The van der Waals surface area contributed by atoms with E-state index < -0.39 is 0 Å². The maximum atomic E-state index is 12.9. The van der Waals surface area contributed by atoms with Gasteiger partial charge in [0.05, 0.1) is 21.9 Å². The lowest BCUT2D eigenvalue weighted by Gasteiger charge is -2.11. The topological polar surface area (TPSA) is 136 Å². The van der Waals surface area contributed by atoms with Crippen LogP contribution in [0.5, 0.6) is 0 Å². The summed E-state index contributed by atoms with van der Waals surface area (Å²) in [6.07, 6.45) is 1.46. The molecular weight excluding hydrogens is 392 g/mol. The van der Waals surface area contributed by atoms with E-state index in [0.717, 1.165) is 4.80 Å². The molecule has 0 aliphatic heterocycles. The Hall–Kier alpha value is -3.47. The Morgan fingerprint density at radius 2 is 2.03 bits per heavy atom. The van der Waals surface area contributed by atoms with Crippen molar-refractivity contribution in [2.75, 3.05) is 13.2 Å². The molecule has 1 amide bonds. The number of benzene rings is 1. The molecule has 1 aromatic carbocycles. The van der Waals surface area contributed by atoms with Crippen LogP contribution in [0.3, 0.4) is 0 Å². The summed E-state index contributed by atoms with van der Waals surface area (Å²) in [5.74, 6) is -0.317. The summed E-state index contributed by atoms with van der Waals surface area (Å²) in [6.45, 7) is 4.90. The Labute approximate surface area is 171 Å². The maximum absolute atomic E-state index is 12.9. The molecule has 1 aliphatic carbocycles. The first kappa shape index (κ1) is 19.8. The number of ether oxygens (including phenoxy) is 1. The van der Waals surface area contributed by atoms with E-state index in [-0.39, 0.29) is 23.4 Å². The highest BCUT2D eigenvalue weighted by atomic mass is 16.8. The van der Waals surface area contributed by atoms with Gasteiger partial charge in [-0.2, -0.15) is 0 Å². The fourth-order valence-corrected chi connectivity index (χ4v) is 3.37. The van der Waals surface area contributed by atoms with Crippen LogP contribution in [0.25, 0.3) is 17.1 Å². The Morgan fingerprint density at radius 3 is 2.83 bits per heavy atom. The van der Waals surface area contributed by atoms with Crippen LogP contribution in [-0.2, 0) is 17.6 Å². The first-order valence-electron chi connectivity index (χ1n) is 9.77. The molecule has 0 radical (unpaired) electrons. The number of nitrogens with zero attached hydrogens (tertiary/aromatic N) is 5. The third-order valence-electron chi connectivity index (χ3n) is 4.82. The van der Waals surface area contributed by atoms with Gasteiger partial charge in [0.15, 0.2) is 5.69 Å². The number of aromatic nitrogens is 5. The Bertz CT molecular complexity index is 1070. The average molecular weight is 414 g/mol. The van der Waals surface area contributed by atoms with Gasteiger partial charge in [-0.15, -0.1) is 4.85 Å². The van der Waals surface area contributed by atoms with Crippen molar-refractivity contribution in [3.63, 3.8) is 0 Å². The minimum Gasteiger partial charge on any atom is -0.692 e. The average Bonchev–Trinajstić information content (AvgIpc) is 3.27. The Balaban J connectivity index is 1.59. The number of amides is 1. The molecule has 0 saturated carbocycles. The summed E-state index contributed by atoms with van der Waals surface area (Å²) in [5, 5.41) is 35.5. The molecule has 3 aromatic rings. The molecule has 0 atom stereocenters. The van der Waals surface area contributed by atoms with Crippen LogP contribution in [-0.4, -0.2) is 40.2 Å². The van der Waals surface area contributed by atoms with Gasteiger partial charge in [-0.05, 0) is 42.1 Å². The van der Waals surface area contributed by atoms with Crippen LogP contribution in [0.4, 0.5) is 0 Å². The fourth-order valence-electron chi connectivity index (χ4n) is 3.37. The summed E-state index contributed by atoms with van der Waals surface area (Å²) in [4.78, 5) is 14.8. The molecule has 0 fully saturated rings. The lowest BCUT2D eigenvalue weighted by atomic mass is 10.0. The van der Waals surface area contributed by atoms with E-state index in [2.05, 4.69) is 20.2 Å². The quantitative estimate of drug-likeness (QED) is 0.336. The molecule has 2 heterocycles. The highest BCUT2D eigenvalue weighted by molar-refractivity contribution is 5.97. The molecule has 4 rings (SSSR count). The van der Waals surface area contributed by atoms with Gasteiger partial charge >= 0.3 is 11.4 Å². The summed E-state index contributed by atoms with van der Waals surface area (Å²) >= 11 is 0. The van der Waals surface area contributed by atoms with Crippen molar-refractivity contribution in [1.82, 2.24) is 20.4 Å². The lowest BCUT2D eigenvalue weighted by molar-refractivity contribution is -0.808. The second-order valence-electron chi connectivity index (χ2n) is 7.23. The zero-order chi connectivity index (χ0) is 21.3. The molecule has 158 valence electrons.